The molecule has 0 atom stereocenters. The number of piperazine rings is 1. The van der Waals surface area contributed by atoms with Gasteiger partial charge in [-0.3, -0.25) is 14.5 Å². The summed E-state index contributed by atoms with van der Waals surface area (Å²) in [6.45, 7) is 4.20. The Hall–Kier alpha value is -2.94. The Morgan fingerprint density at radius 3 is 2.58 bits per heavy atom. The minimum atomic E-state index is 0.0366. The van der Waals surface area contributed by atoms with Gasteiger partial charge in [0.15, 0.2) is 0 Å². The molecule has 2 aliphatic rings. The highest BCUT2D eigenvalue weighted by Gasteiger charge is 2.26. The number of methoxy groups -OCH3 is 1. The summed E-state index contributed by atoms with van der Waals surface area (Å²) in [6, 6.07) is 7.52. The van der Waals surface area contributed by atoms with Crippen LogP contribution in [0.15, 0.2) is 28.8 Å². The first-order chi connectivity index (χ1) is 15.1. The molecule has 4 rings (SSSR count). The lowest BCUT2D eigenvalue weighted by atomic mass is 10.2. The molecular formula is C22H29N5O4. The molecule has 2 saturated heterocycles. The van der Waals surface area contributed by atoms with E-state index in [2.05, 4.69) is 15.0 Å². The van der Waals surface area contributed by atoms with Gasteiger partial charge in [-0.2, -0.15) is 4.98 Å². The van der Waals surface area contributed by atoms with Crippen LogP contribution in [0, 0.1) is 0 Å². The van der Waals surface area contributed by atoms with Crippen molar-refractivity contribution >= 4 is 11.8 Å². The van der Waals surface area contributed by atoms with Crippen LogP contribution >= 0.6 is 0 Å². The molecule has 0 radical (unpaired) electrons. The van der Waals surface area contributed by atoms with Crippen LogP contribution in [0.4, 0.5) is 0 Å². The maximum absolute atomic E-state index is 12.7. The lowest BCUT2D eigenvalue weighted by molar-refractivity contribution is -0.141. The summed E-state index contributed by atoms with van der Waals surface area (Å²) in [5.41, 5.74) is 0.870. The van der Waals surface area contributed by atoms with Gasteiger partial charge in [0.1, 0.15) is 5.75 Å². The van der Waals surface area contributed by atoms with E-state index in [4.69, 9.17) is 9.26 Å². The molecule has 2 aliphatic heterocycles. The van der Waals surface area contributed by atoms with Crippen molar-refractivity contribution < 1.29 is 18.8 Å². The van der Waals surface area contributed by atoms with Gasteiger partial charge < -0.3 is 19.1 Å². The summed E-state index contributed by atoms with van der Waals surface area (Å²) in [5.74, 6) is 2.03. The Morgan fingerprint density at radius 1 is 1.06 bits per heavy atom. The molecule has 1 aromatic carbocycles. The molecule has 0 saturated carbocycles. The van der Waals surface area contributed by atoms with E-state index >= 15 is 0 Å². The Labute approximate surface area is 181 Å². The minimum absolute atomic E-state index is 0.0366. The molecule has 2 aromatic rings. The summed E-state index contributed by atoms with van der Waals surface area (Å²) in [7, 11) is 1.63. The van der Waals surface area contributed by atoms with Gasteiger partial charge in [0.2, 0.25) is 23.5 Å². The van der Waals surface area contributed by atoms with Gasteiger partial charge >= 0.3 is 0 Å². The van der Waals surface area contributed by atoms with Crippen LogP contribution in [0.5, 0.6) is 5.75 Å². The first kappa shape index (κ1) is 21.3. The molecule has 0 bridgehead atoms. The van der Waals surface area contributed by atoms with Crippen LogP contribution in [-0.2, 0) is 16.1 Å². The van der Waals surface area contributed by atoms with Crippen molar-refractivity contribution in [3.05, 3.63) is 30.2 Å². The van der Waals surface area contributed by atoms with Gasteiger partial charge in [-0.15, -0.1) is 0 Å². The summed E-state index contributed by atoms with van der Waals surface area (Å²) in [5, 5.41) is 4.07. The molecule has 0 aliphatic carbocycles. The predicted octanol–water partition coefficient (Wildman–Crippen LogP) is 1.79. The maximum Gasteiger partial charge on any atom is 0.242 e. The number of benzene rings is 1. The lowest BCUT2D eigenvalue weighted by Crippen LogP contribution is -2.51. The second kappa shape index (κ2) is 9.91. The molecule has 9 heteroatoms. The fourth-order valence-electron chi connectivity index (χ4n) is 3.99. The van der Waals surface area contributed by atoms with E-state index in [0.717, 1.165) is 43.7 Å². The van der Waals surface area contributed by atoms with Gasteiger partial charge in [-0.1, -0.05) is 11.6 Å². The van der Waals surface area contributed by atoms with E-state index in [-0.39, 0.29) is 18.4 Å². The smallest absolute Gasteiger partial charge is 0.242 e. The van der Waals surface area contributed by atoms with Gasteiger partial charge in [-0.25, -0.2) is 0 Å². The van der Waals surface area contributed by atoms with Crippen molar-refractivity contribution in [2.75, 3.05) is 46.4 Å². The molecule has 1 aromatic heterocycles. The summed E-state index contributed by atoms with van der Waals surface area (Å²) in [6.07, 6.45) is 3.53. The van der Waals surface area contributed by atoms with E-state index in [1.54, 1.807) is 12.0 Å². The summed E-state index contributed by atoms with van der Waals surface area (Å²) < 4.78 is 10.6. The van der Waals surface area contributed by atoms with E-state index in [9.17, 15) is 9.59 Å². The zero-order valence-electron chi connectivity index (χ0n) is 18.0. The number of hydrogen-bond acceptors (Lipinski definition) is 7. The monoisotopic (exact) mass is 427 g/mol. The molecule has 0 unspecified atom stereocenters. The van der Waals surface area contributed by atoms with E-state index in [0.29, 0.717) is 44.3 Å². The largest absolute Gasteiger partial charge is 0.497 e. The van der Waals surface area contributed by atoms with Crippen molar-refractivity contribution in [1.82, 2.24) is 24.8 Å². The van der Waals surface area contributed by atoms with E-state index in [1.165, 1.54) is 0 Å². The van der Waals surface area contributed by atoms with Crippen LogP contribution in [0.2, 0.25) is 0 Å². The van der Waals surface area contributed by atoms with Gasteiger partial charge in [0.05, 0.1) is 20.2 Å². The SMILES string of the molecule is COc1ccc(-c2noc(CN3CCN(C(=O)CN4CCCCCC4=O)CC3)n2)cc1. The number of aromatic nitrogens is 2. The molecule has 166 valence electrons. The van der Waals surface area contributed by atoms with Crippen LogP contribution in [0.25, 0.3) is 11.4 Å². The highest BCUT2D eigenvalue weighted by Crippen LogP contribution is 2.20. The fourth-order valence-corrected chi connectivity index (χ4v) is 3.99. The van der Waals surface area contributed by atoms with Gasteiger partial charge in [0, 0.05) is 44.7 Å². The predicted molar refractivity (Wildman–Crippen MR) is 113 cm³/mol. The van der Waals surface area contributed by atoms with Crippen LogP contribution in [0.3, 0.4) is 0 Å². The number of nitrogens with zero attached hydrogens (tertiary/aromatic N) is 5. The summed E-state index contributed by atoms with van der Waals surface area (Å²) in [4.78, 5) is 35.1. The highest BCUT2D eigenvalue weighted by molar-refractivity contribution is 5.85. The first-order valence-corrected chi connectivity index (χ1v) is 10.9. The van der Waals surface area contributed by atoms with Crippen LogP contribution in [0.1, 0.15) is 31.6 Å². The number of rotatable bonds is 6. The molecule has 0 spiro atoms. The van der Waals surface area contributed by atoms with Crippen molar-refractivity contribution in [3.8, 4) is 17.1 Å². The maximum atomic E-state index is 12.7. The van der Waals surface area contributed by atoms with E-state index in [1.807, 2.05) is 29.2 Å². The van der Waals surface area contributed by atoms with Crippen LogP contribution < -0.4 is 4.74 Å². The minimum Gasteiger partial charge on any atom is -0.497 e. The summed E-state index contributed by atoms with van der Waals surface area (Å²) >= 11 is 0. The number of hydrogen-bond donors (Lipinski definition) is 0. The highest BCUT2D eigenvalue weighted by atomic mass is 16.5. The molecule has 2 amide bonds. The number of carbonyl (C=O) groups is 2. The standard InChI is InChI=1S/C22H29N5O4/c1-30-18-8-6-17(7-9-18)22-23-19(31-24-22)15-25-11-13-26(14-12-25)21(29)16-27-10-4-2-3-5-20(27)28/h6-9H,2-5,10-16H2,1H3. The molecule has 2 fully saturated rings. The topological polar surface area (TPSA) is 92.0 Å². The third kappa shape index (κ3) is 5.41. The average Bonchev–Trinajstić information content (AvgIpc) is 3.17. The zero-order valence-corrected chi connectivity index (χ0v) is 18.0. The normalized spacial score (nSPS) is 18.2. The van der Waals surface area contributed by atoms with E-state index < -0.39 is 0 Å². The average molecular weight is 428 g/mol. The Bertz CT molecular complexity index is 890. The third-order valence-electron chi connectivity index (χ3n) is 5.90. The third-order valence-corrected chi connectivity index (χ3v) is 5.90. The number of amides is 2. The Kier molecular flexibility index (Phi) is 6.81. The second-order valence-corrected chi connectivity index (χ2v) is 8.02. The quantitative estimate of drug-likeness (QED) is 0.694. The zero-order chi connectivity index (χ0) is 21.6. The fraction of sp³-hybridized carbons (Fsp3) is 0.545. The van der Waals surface area contributed by atoms with Gasteiger partial charge in [0.25, 0.3) is 0 Å². The lowest BCUT2D eigenvalue weighted by Gasteiger charge is -2.35. The second-order valence-electron chi connectivity index (χ2n) is 8.02. The molecule has 31 heavy (non-hydrogen) atoms. The Balaban J connectivity index is 1.26. The van der Waals surface area contributed by atoms with Crippen molar-refractivity contribution in [2.45, 2.75) is 32.2 Å². The van der Waals surface area contributed by atoms with Crippen molar-refractivity contribution in [2.24, 2.45) is 0 Å². The number of carbonyl (C=O) groups excluding carboxylic acids is 2. The molecular weight excluding hydrogens is 398 g/mol. The van der Waals surface area contributed by atoms with Crippen LogP contribution in [-0.4, -0.2) is 83.0 Å². The Morgan fingerprint density at radius 2 is 1.84 bits per heavy atom. The van der Waals surface area contributed by atoms with Crippen molar-refractivity contribution in [3.63, 3.8) is 0 Å². The number of ether oxygens (including phenoxy) is 1. The first-order valence-electron chi connectivity index (χ1n) is 10.9. The molecule has 9 nitrogen and oxygen atoms in total. The van der Waals surface area contributed by atoms with Crippen molar-refractivity contribution in [1.29, 1.82) is 0 Å². The van der Waals surface area contributed by atoms with Gasteiger partial charge in [-0.05, 0) is 37.1 Å². The number of likely N-dealkylation sites (tertiary alicyclic amines) is 1. The molecule has 3 heterocycles. The molecule has 0 N–H and O–H groups in total.